The van der Waals surface area contributed by atoms with E-state index in [0.717, 1.165) is 38.3 Å². The van der Waals surface area contributed by atoms with E-state index in [1.807, 2.05) is 24.3 Å². The lowest BCUT2D eigenvalue weighted by atomic mass is 10.1. The standard InChI is InChI=1S/C15H25N3OS/c1-11(2)15(19)18-6-5-13(8-18)7-17(4)9-14-12(3)16-10-20-14/h10-11,13H,5-9H2,1-4H3. The third-order valence-corrected chi connectivity index (χ3v) is 4.84. The van der Waals surface area contributed by atoms with Crippen LogP contribution < -0.4 is 0 Å². The molecule has 1 aromatic rings. The average Bonchev–Trinajstić information content (AvgIpc) is 2.99. The van der Waals surface area contributed by atoms with Crippen molar-refractivity contribution in [2.24, 2.45) is 11.8 Å². The van der Waals surface area contributed by atoms with Gasteiger partial charge in [-0.2, -0.15) is 0 Å². The highest BCUT2D eigenvalue weighted by atomic mass is 32.1. The molecule has 1 fully saturated rings. The molecule has 1 unspecified atom stereocenters. The van der Waals surface area contributed by atoms with Gasteiger partial charge in [0.1, 0.15) is 0 Å². The Labute approximate surface area is 125 Å². The summed E-state index contributed by atoms with van der Waals surface area (Å²) in [4.78, 5) is 22.0. The summed E-state index contributed by atoms with van der Waals surface area (Å²) in [6, 6.07) is 0. The molecule has 0 radical (unpaired) electrons. The van der Waals surface area contributed by atoms with Crippen molar-refractivity contribution in [3.8, 4) is 0 Å². The molecule has 2 heterocycles. The van der Waals surface area contributed by atoms with E-state index in [9.17, 15) is 4.79 Å². The van der Waals surface area contributed by atoms with Gasteiger partial charge in [-0.05, 0) is 26.3 Å². The number of amides is 1. The molecule has 0 spiro atoms. The molecule has 1 aliphatic heterocycles. The summed E-state index contributed by atoms with van der Waals surface area (Å²) in [5.41, 5.74) is 3.06. The molecule has 0 aliphatic carbocycles. The Balaban J connectivity index is 1.80. The van der Waals surface area contributed by atoms with E-state index in [-0.39, 0.29) is 5.92 Å². The van der Waals surface area contributed by atoms with Gasteiger partial charge in [-0.3, -0.25) is 4.79 Å². The number of hydrogen-bond acceptors (Lipinski definition) is 4. The second-order valence-electron chi connectivity index (χ2n) is 6.15. The van der Waals surface area contributed by atoms with Gasteiger partial charge in [0.15, 0.2) is 0 Å². The normalized spacial score (nSPS) is 19.3. The largest absolute Gasteiger partial charge is 0.342 e. The van der Waals surface area contributed by atoms with Gasteiger partial charge in [0.05, 0.1) is 11.2 Å². The lowest BCUT2D eigenvalue weighted by molar-refractivity contribution is -0.133. The van der Waals surface area contributed by atoms with Crippen LogP contribution in [0.15, 0.2) is 5.51 Å². The Hall–Kier alpha value is -0.940. The number of aryl methyl sites for hydroxylation is 1. The molecule has 0 bridgehead atoms. The van der Waals surface area contributed by atoms with Crippen molar-refractivity contribution in [3.63, 3.8) is 0 Å². The van der Waals surface area contributed by atoms with E-state index in [4.69, 9.17) is 0 Å². The van der Waals surface area contributed by atoms with Crippen LogP contribution in [0.3, 0.4) is 0 Å². The quantitative estimate of drug-likeness (QED) is 0.837. The minimum atomic E-state index is 0.117. The predicted octanol–water partition coefficient (Wildman–Crippen LogP) is 2.39. The zero-order chi connectivity index (χ0) is 14.7. The van der Waals surface area contributed by atoms with Gasteiger partial charge in [0, 0.05) is 37.0 Å². The van der Waals surface area contributed by atoms with Crippen LogP contribution in [-0.4, -0.2) is 47.4 Å². The van der Waals surface area contributed by atoms with Crippen molar-refractivity contribution in [2.75, 3.05) is 26.7 Å². The van der Waals surface area contributed by atoms with Gasteiger partial charge in [0.25, 0.3) is 0 Å². The van der Waals surface area contributed by atoms with E-state index in [2.05, 4.69) is 23.9 Å². The van der Waals surface area contributed by atoms with Gasteiger partial charge >= 0.3 is 0 Å². The van der Waals surface area contributed by atoms with Crippen LogP contribution in [0, 0.1) is 18.8 Å². The Kier molecular flexibility index (Phi) is 5.16. The molecule has 1 saturated heterocycles. The predicted molar refractivity (Wildman–Crippen MR) is 82.7 cm³/mol. The van der Waals surface area contributed by atoms with E-state index >= 15 is 0 Å². The SMILES string of the molecule is Cc1ncsc1CN(C)CC1CCN(C(=O)C(C)C)C1. The Morgan fingerprint density at radius 1 is 1.60 bits per heavy atom. The lowest BCUT2D eigenvalue weighted by Crippen LogP contribution is -2.33. The fourth-order valence-corrected chi connectivity index (χ4v) is 3.63. The third-order valence-electron chi connectivity index (χ3n) is 3.92. The molecule has 1 amide bonds. The molecule has 1 aliphatic rings. The summed E-state index contributed by atoms with van der Waals surface area (Å²) in [6.07, 6.45) is 1.13. The van der Waals surface area contributed by atoms with Gasteiger partial charge in [-0.15, -0.1) is 11.3 Å². The van der Waals surface area contributed by atoms with Crippen LogP contribution in [0.25, 0.3) is 0 Å². The van der Waals surface area contributed by atoms with Crippen LogP contribution in [0.1, 0.15) is 30.8 Å². The highest BCUT2D eigenvalue weighted by Crippen LogP contribution is 2.21. The molecular formula is C15H25N3OS. The zero-order valence-corrected chi connectivity index (χ0v) is 13.7. The number of carbonyl (C=O) groups excluding carboxylic acids is 1. The van der Waals surface area contributed by atoms with Gasteiger partial charge < -0.3 is 9.80 Å². The second-order valence-corrected chi connectivity index (χ2v) is 7.09. The highest BCUT2D eigenvalue weighted by molar-refractivity contribution is 7.09. The molecule has 1 atom stereocenters. The summed E-state index contributed by atoms with van der Waals surface area (Å²) in [7, 11) is 2.16. The number of thiazole rings is 1. The van der Waals surface area contributed by atoms with Crippen LogP contribution in [0.2, 0.25) is 0 Å². The highest BCUT2D eigenvalue weighted by Gasteiger charge is 2.28. The van der Waals surface area contributed by atoms with Gasteiger partial charge in [-0.25, -0.2) is 4.98 Å². The summed E-state index contributed by atoms with van der Waals surface area (Å²) in [6.45, 7) is 9.89. The molecule has 0 aromatic carbocycles. The average molecular weight is 295 g/mol. The first-order chi connectivity index (χ1) is 9.47. The van der Waals surface area contributed by atoms with E-state index < -0.39 is 0 Å². The lowest BCUT2D eigenvalue weighted by Gasteiger charge is -2.22. The molecule has 5 heteroatoms. The summed E-state index contributed by atoms with van der Waals surface area (Å²) < 4.78 is 0. The summed E-state index contributed by atoms with van der Waals surface area (Å²) in [5.74, 6) is 1.02. The van der Waals surface area contributed by atoms with Crippen LogP contribution >= 0.6 is 11.3 Å². The minimum Gasteiger partial charge on any atom is -0.342 e. The van der Waals surface area contributed by atoms with Crippen LogP contribution in [0.5, 0.6) is 0 Å². The number of rotatable bonds is 5. The molecular weight excluding hydrogens is 270 g/mol. The van der Waals surface area contributed by atoms with Gasteiger partial charge in [0.2, 0.25) is 5.91 Å². The monoisotopic (exact) mass is 295 g/mol. The maximum Gasteiger partial charge on any atom is 0.225 e. The Morgan fingerprint density at radius 2 is 2.35 bits per heavy atom. The Morgan fingerprint density at radius 3 is 2.95 bits per heavy atom. The van der Waals surface area contributed by atoms with Crippen molar-refractivity contribution in [1.29, 1.82) is 0 Å². The van der Waals surface area contributed by atoms with Crippen molar-refractivity contribution in [2.45, 2.75) is 33.7 Å². The van der Waals surface area contributed by atoms with E-state index in [0.29, 0.717) is 11.8 Å². The smallest absolute Gasteiger partial charge is 0.225 e. The molecule has 0 saturated carbocycles. The number of likely N-dealkylation sites (tertiary alicyclic amines) is 1. The second kappa shape index (κ2) is 6.68. The first-order valence-electron chi connectivity index (χ1n) is 7.33. The van der Waals surface area contributed by atoms with Crippen LogP contribution in [-0.2, 0) is 11.3 Å². The topological polar surface area (TPSA) is 36.4 Å². The van der Waals surface area contributed by atoms with Crippen molar-refractivity contribution < 1.29 is 4.79 Å². The molecule has 20 heavy (non-hydrogen) atoms. The molecule has 0 N–H and O–H groups in total. The van der Waals surface area contributed by atoms with E-state index in [1.165, 1.54) is 4.88 Å². The fraction of sp³-hybridized carbons (Fsp3) is 0.733. The number of carbonyl (C=O) groups is 1. The third kappa shape index (κ3) is 3.79. The molecule has 1 aromatic heterocycles. The first-order valence-corrected chi connectivity index (χ1v) is 8.21. The number of aromatic nitrogens is 1. The van der Waals surface area contributed by atoms with Crippen molar-refractivity contribution in [3.05, 3.63) is 16.1 Å². The fourth-order valence-electron chi connectivity index (χ4n) is 2.78. The van der Waals surface area contributed by atoms with Crippen molar-refractivity contribution in [1.82, 2.24) is 14.8 Å². The number of hydrogen-bond donors (Lipinski definition) is 0. The molecule has 112 valence electrons. The van der Waals surface area contributed by atoms with Gasteiger partial charge in [-0.1, -0.05) is 13.8 Å². The van der Waals surface area contributed by atoms with E-state index in [1.54, 1.807) is 11.3 Å². The Bertz CT molecular complexity index is 458. The van der Waals surface area contributed by atoms with Crippen molar-refractivity contribution >= 4 is 17.2 Å². The number of nitrogens with zero attached hydrogens (tertiary/aromatic N) is 3. The summed E-state index contributed by atoms with van der Waals surface area (Å²) >= 11 is 1.73. The minimum absolute atomic E-state index is 0.117. The molecule has 2 rings (SSSR count). The first kappa shape index (κ1) is 15.4. The zero-order valence-electron chi connectivity index (χ0n) is 12.9. The van der Waals surface area contributed by atoms with Crippen LogP contribution in [0.4, 0.5) is 0 Å². The maximum atomic E-state index is 12.0. The molecule has 4 nitrogen and oxygen atoms in total. The maximum absolute atomic E-state index is 12.0. The summed E-state index contributed by atoms with van der Waals surface area (Å²) in [5, 5.41) is 0.